The lowest BCUT2D eigenvalue weighted by Crippen LogP contribution is -2.38. The summed E-state index contributed by atoms with van der Waals surface area (Å²) in [5, 5.41) is 11.3. The molecule has 174 valence electrons. The van der Waals surface area contributed by atoms with Crippen LogP contribution < -0.4 is 5.48 Å². The van der Waals surface area contributed by atoms with Crippen LogP contribution >= 0.6 is 11.6 Å². The molecular formula is C24H30ClN2O4S-. The van der Waals surface area contributed by atoms with Crippen molar-refractivity contribution in [3.63, 3.8) is 0 Å². The molecule has 2 aromatic carbocycles. The molecule has 0 bridgehead atoms. The number of hydrogen-bond donors (Lipinski definition) is 1. The molecule has 0 aliphatic heterocycles. The number of hydroxylamine groups is 1. The third-order valence-corrected chi connectivity index (χ3v) is 8.62. The van der Waals surface area contributed by atoms with Crippen molar-refractivity contribution < 1.29 is 13.2 Å². The second-order valence-electron chi connectivity index (χ2n) is 8.84. The van der Waals surface area contributed by atoms with Crippen LogP contribution in [0.3, 0.4) is 0 Å². The highest BCUT2D eigenvalue weighted by atomic mass is 35.5. The summed E-state index contributed by atoms with van der Waals surface area (Å²) in [6.45, 7) is 6.23. The molecule has 0 aromatic heterocycles. The molecule has 0 heterocycles. The molecule has 0 unspecified atom stereocenters. The predicted molar refractivity (Wildman–Crippen MR) is 127 cm³/mol. The summed E-state index contributed by atoms with van der Waals surface area (Å²) in [5.41, 5.74) is 4.84. The van der Waals surface area contributed by atoms with Gasteiger partial charge in [0.2, 0.25) is 15.9 Å². The van der Waals surface area contributed by atoms with Crippen LogP contribution in [-0.4, -0.2) is 25.2 Å². The number of sulfonamides is 1. The molecule has 8 heteroatoms. The van der Waals surface area contributed by atoms with Gasteiger partial charge in [0.1, 0.15) is 0 Å². The van der Waals surface area contributed by atoms with Crippen LogP contribution in [0.15, 0.2) is 41.3 Å². The van der Waals surface area contributed by atoms with E-state index in [-0.39, 0.29) is 18.4 Å². The first kappa shape index (κ1) is 24.7. The van der Waals surface area contributed by atoms with E-state index in [1.165, 1.54) is 5.48 Å². The van der Waals surface area contributed by atoms with Gasteiger partial charge < -0.3 is 10.7 Å². The van der Waals surface area contributed by atoms with E-state index in [1.54, 1.807) is 16.4 Å². The van der Waals surface area contributed by atoms with Crippen molar-refractivity contribution >= 4 is 27.5 Å². The van der Waals surface area contributed by atoms with E-state index < -0.39 is 15.9 Å². The molecule has 1 aliphatic carbocycles. The number of hydrogen-bond acceptors (Lipinski definition) is 4. The Bertz CT molecular complexity index is 1040. The van der Waals surface area contributed by atoms with Gasteiger partial charge in [-0.3, -0.25) is 4.79 Å². The molecule has 0 atom stereocenters. The van der Waals surface area contributed by atoms with Crippen LogP contribution in [0.1, 0.15) is 47.9 Å². The predicted octanol–water partition coefficient (Wildman–Crippen LogP) is 4.88. The summed E-state index contributed by atoms with van der Waals surface area (Å²) in [4.78, 5) is 12.0. The van der Waals surface area contributed by atoms with Crippen molar-refractivity contribution in [2.45, 2.75) is 57.9 Å². The number of aryl methyl sites for hydroxylation is 3. The molecule has 0 saturated heterocycles. The van der Waals surface area contributed by atoms with Gasteiger partial charge in [0.15, 0.2) is 0 Å². The largest absolute Gasteiger partial charge is 0.759 e. The number of nitrogens with zero attached hydrogens (tertiary/aromatic N) is 1. The van der Waals surface area contributed by atoms with E-state index in [9.17, 15) is 18.4 Å². The second kappa shape index (κ2) is 10.3. The molecule has 6 nitrogen and oxygen atoms in total. The number of nitrogens with one attached hydrogen (secondary N) is 1. The minimum Gasteiger partial charge on any atom is -0.759 e. The zero-order valence-corrected chi connectivity index (χ0v) is 20.3. The molecule has 1 fully saturated rings. The molecule has 1 saturated carbocycles. The Morgan fingerprint density at radius 1 is 1.06 bits per heavy atom. The van der Waals surface area contributed by atoms with Gasteiger partial charge in [-0.15, -0.1) is 0 Å². The van der Waals surface area contributed by atoms with Gasteiger partial charge in [0.25, 0.3) is 0 Å². The van der Waals surface area contributed by atoms with Crippen LogP contribution in [-0.2, 0) is 21.4 Å². The summed E-state index contributed by atoms with van der Waals surface area (Å²) < 4.78 is 29.2. The zero-order chi connectivity index (χ0) is 23.5. The molecule has 1 aliphatic rings. The van der Waals surface area contributed by atoms with Crippen LogP contribution in [0, 0.1) is 37.8 Å². The van der Waals surface area contributed by atoms with Gasteiger partial charge >= 0.3 is 0 Å². The first-order valence-electron chi connectivity index (χ1n) is 10.9. The van der Waals surface area contributed by atoms with Crippen LogP contribution in [0.5, 0.6) is 0 Å². The summed E-state index contributed by atoms with van der Waals surface area (Å²) in [7, 11) is -3.75. The Kier molecular flexibility index (Phi) is 7.98. The topological polar surface area (TPSA) is 89.5 Å². The number of carbonyl (C=O) groups excluding carboxylic acids is 1. The van der Waals surface area contributed by atoms with Gasteiger partial charge in [-0.1, -0.05) is 41.4 Å². The van der Waals surface area contributed by atoms with E-state index in [0.717, 1.165) is 22.3 Å². The maximum absolute atomic E-state index is 13.8. The van der Waals surface area contributed by atoms with E-state index in [0.29, 0.717) is 42.1 Å². The monoisotopic (exact) mass is 477 g/mol. The number of rotatable bonds is 7. The first-order valence-corrected chi connectivity index (χ1v) is 12.7. The highest BCUT2D eigenvalue weighted by Crippen LogP contribution is 2.33. The maximum atomic E-state index is 13.8. The van der Waals surface area contributed by atoms with Gasteiger partial charge in [0, 0.05) is 24.0 Å². The fraction of sp³-hybridized carbons (Fsp3) is 0.458. The number of halogens is 1. The normalized spacial score (nSPS) is 19.2. The standard InChI is InChI=1S/C24H30ClN2O4S/c1-16-12-17(2)23(18(3)13-16)32(30,31)27(15-20-6-10-22(25)11-7-20)14-19-4-8-21(9-5-19)24(28)26-29/h6-7,10-13,19,21H,4-5,8-9,14-15H2,1-3H3,(H-,26,28,29)/q-1. The lowest BCUT2D eigenvalue weighted by molar-refractivity contribution is -0.125. The van der Waals surface area contributed by atoms with Crippen LogP contribution in [0.4, 0.5) is 0 Å². The molecule has 1 N–H and O–H groups in total. The molecule has 0 radical (unpaired) electrons. The summed E-state index contributed by atoms with van der Waals surface area (Å²) in [6.07, 6.45) is 2.60. The van der Waals surface area contributed by atoms with Gasteiger partial charge in [-0.05, 0) is 81.2 Å². The van der Waals surface area contributed by atoms with Crippen molar-refractivity contribution in [3.05, 3.63) is 68.9 Å². The third-order valence-electron chi connectivity index (χ3n) is 6.25. The van der Waals surface area contributed by atoms with E-state index in [2.05, 4.69) is 0 Å². The minimum atomic E-state index is -3.75. The Balaban J connectivity index is 1.89. The highest BCUT2D eigenvalue weighted by molar-refractivity contribution is 7.89. The Morgan fingerprint density at radius 2 is 1.62 bits per heavy atom. The van der Waals surface area contributed by atoms with E-state index in [4.69, 9.17) is 11.6 Å². The zero-order valence-electron chi connectivity index (χ0n) is 18.7. The maximum Gasteiger partial charge on any atom is 0.243 e. The smallest absolute Gasteiger partial charge is 0.243 e. The lowest BCUT2D eigenvalue weighted by Gasteiger charge is -2.33. The fourth-order valence-electron chi connectivity index (χ4n) is 4.72. The lowest BCUT2D eigenvalue weighted by atomic mass is 9.81. The number of benzene rings is 2. The average Bonchev–Trinajstić information content (AvgIpc) is 2.73. The number of amides is 1. The van der Waals surface area contributed by atoms with E-state index in [1.807, 2.05) is 45.0 Å². The number of carbonyl (C=O) groups is 1. The van der Waals surface area contributed by atoms with Crippen LogP contribution in [0.2, 0.25) is 5.02 Å². The molecule has 3 rings (SSSR count). The van der Waals surface area contributed by atoms with Crippen molar-refractivity contribution in [2.75, 3.05) is 6.54 Å². The highest BCUT2D eigenvalue weighted by Gasteiger charge is 2.32. The molecule has 1 amide bonds. The Hall–Kier alpha value is -1.93. The Morgan fingerprint density at radius 3 is 2.16 bits per heavy atom. The molecule has 32 heavy (non-hydrogen) atoms. The second-order valence-corrected chi connectivity index (χ2v) is 11.1. The van der Waals surface area contributed by atoms with Crippen molar-refractivity contribution in [3.8, 4) is 0 Å². The third kappa shape index (κ3) is 5.70. The van der Waals surface area contributed by atoms with Crippen LogP contribution in [0.25, 0.3) is 0 Å². The quantitative estimate of drug-likeness (QED) is 0.575. The molecule has 2 aromatic rings. The minimum absolute atomic E-state index is 0.124. The fourth-order valence-corrected chi connectivity index (χ4v) is 6.76. The van der Waals surface area contributed by atoms with Crippen molar-refractivity contribution in [1.29, 1.82) is 0 Å². The molecule has 0 spiro atoms. The van der Waals surface area contributed by atoms with Gasteiger partial charge in [-0.25, -0.2) is 8.42 Å². The Labute approximate surface area is 195 Å². The summed E-state index contributed by atoms with van der Waals surface area (Å²) >= 11 is 6.01. The van der Waals surface area contributed by atoms with Crippen molar-refractivity contribution in [2.24, 2.45) is 11.8 Å². The average molecular weight is 478 g/mol. The molecular weight excluding hydrogens is 448 g/mol. The van der Waals surface area contributed by atoms with E-state index >= 15 is 0 Å². The van der Waals surface area contributed by atoms with Gasteiger partial charge in [0.05, 0.1) is 4.90 Å². The van der Waals surface area contributed by atoms with Crippen molar-refractivity contribution in [1.82, 2.24) is 9.79 Å². The first-order chi connectivity index (χ1) is 15.1. The summed E-state index contributed by atoms with van der Waals surface area (Å²) in [5.74, 6) is -0.634. The summed E-state index contributed by atoms with van der Waals surface area (Å²) in [6, 6.07) is 11.0. The van der Waals surface area contributed by atoms with Gasteiger partial charge in [-0.2, -0.15) is 4.31 Å². The SMILES string of the molecule is Cc1cc(C)c(S(=O)(=O)N(Cc2ccc(Cl)cc2)CC2CCC(C(=O)N[O-])CC2)c(C)c1.